The molecule has 0 radical (unpaired) electrons. The molecule has 0 aromatic carbocycles. The fourth-order valence-corrected chi connectivity index (χ4v) is 10.9. The second-order valence-electron chi connectivity index (χ2n) is 22.8. The number of carbonyl (C=O) groups is 9. The Kier molecular flexibility index (Phi) is 24.1. The molecule has 19 nitrogen and oxygen atoms in total. The number of nitrogens with zero attached hydrogens (tertiary/aromatic N) is 5. The number of nitrogens with one attached hydrogen (secondary N) is 3. The number of esters is 1. The Morgan fingerprint density at radius 1 is 0.562 bits per heavy atom. The lowest BCUT2D eigenvalue weighted by atomic mass is 9.84. The van der Waals surface area contributed by atoms with Crippen LogP contribution in [0.1, 0.15) is 154 Å². The molecule has 2 heterocycles. The Labute approximate surface area is 436 Å². The van der Waals surface area contributed by atoms with Crippen LogP contribution in [0.3, 0.4) is 0 Å². The lowest BCUT2D eigenvalue weighted by Crippen LogP contribution is -2.62. The van der Waals surface area contributed by atoms with Crippen LogP contribution in [-0.2, 0) is 47.9 Å². The third-order valence-corrected chi connectivity index (χ3v) is 15.9. The minimum Gasteiger partial charge on any atom is -0.450 e. The quantitative estimate of drug-likeness (QED) is 0.206. The number of ether oxygens (including phenoxy) is 1. The van der Waals surface area contributed by atoms with Crippen LogP contribution < -0.4 is 16.0 Å². The van der Waals surface area contributed by atoms with Gasteiger partial charge in [-0.25, -0.2) is 4.79 Å². The number of aliphatic hydroxyl groups is 1. The van der Waals surface area contributed by atoms with E-state index in [1.165, 1.54) is 47.8 Å². The molecule has 2 aliphatic heterocycles. The van der Waals surface area contributed by atoms with Gasteiger partial charge in [-0.2, -0.15) is 0 Å². The molecule has 0 aromatic heterocycles. The summed E-state index contributed by atoms with van der Waals surface area (Å²) < 4.78 is 6.11. The molecule has 1 aliphatic carbocycles. The predicted molar refractivity (Wildman–Crippen MR) is 278 cm³/mol. The minimum absolute atomic E-state index is 0.106. The van der Waals surface area contributed by atoms with E-state index in [0.717, 1.165) is 37.0 Å². The van der Waals surface area contributed by atoms with Crippen molar-refractivity contribution in [2.45, 2.75) is 208 Å². The maximum Gasteiger partial charge on any atom is 0.330 e. The Morgan fingerprint density at radius 3 is 1.58 bits per heavy atom. The van der Waals surface area contributed by atoms with Crippen LogP contribution in [0.5, 0.6) is 0 Å². The van der Waals surface area contributed by atoms with Gasteiger partial charge in [-0.05, 0) is 68.6 Å². The normalized spacial score (nSPS) is 29.6. The molecule has 3 rings (SSSR count). The highest BCUT2D eigenvalue weighted by Crippen LogP contribution is 2.30. The SMILES string of the molecule is CC[C@@H](C)[C@@H]1NC(=O)[C@@H]2CCCN2C(=O)[C@@H](C)N(C)C(=O)[C@H](CC2CCCCC2)NC(=O)[C@H](C(C)C)N(C)C(=O)[C@@H]([C@H](C)CC)OC(=O)[C@H](C(C)CO)N(C)C(=O)[C@H](CC(C)C)NC(=O)[C@H](C(C)C)N(C)C1=O. The van der Waals surface area contributed by atoms with Crippen molar-refractivity contribution in [3.8, 4) is 0 Å². The van der Waals surface area contributed by atoms with Crippen LogP contribution >= 0.6 is 0 Å². The van der Waals surface area contributed by atoms with Crippen molar-refractivity contribution in [2.75, 3.05) is 41.3 Å². The summed E-state index contributed by atoms with van der Waals surface area (Å²) in [4.78, 5) is 138. The number of cyclic esters (lactones) is 1. The predicted octanol–water partition coefficient (Wildman–Crippen LogP) is 3.73. The Bertz CT molecular complexity index is 1920. The van der Waals surface area contributed by atoms with Crippen molar-refractivity contribution in [2.24, 2.45) is 41.4 Å². The highest BCUT2D eigenvalue weighted by Gasteiger charge is 2.46. The molecule has 0 spiro atoms. The number of fused-ring (bicyclic) bond motifs is 1. The van der Waals surface area contributed by atoms with Gasteiger partial charge in [-0.3, -0.25) is 38.4 Å². The van der Waals surface area contributed by atoms with Crippen LogP contribution in [-0.4, -0.2) is 179 Å². The van der Waals surface area contributed by atoms with E-state index in [9.17, 15) is 48.3 Å². The molecular weight excluding hydrogens is 937 g/mol. The Hall–Kier alpha value is -4.81. The second kappa shape index (κ2) is 28.2. The number of amides is 8. The minimum atomic E-state index is -1.44. The molecule has 4 N–H and O–H groups in total. The Morgan fingerprint density at radius 2 is 1.07 bits per heavy atom. The van der Waals surface area contributed by atoms with E-state index in [1.807, 2.05) is 34.6 Å². The third kappa shape index (κ3) is 15.6. The first-order valence-electron chi connectivity index (χ1n) is 27.3. The van der Waals surface area contributed by atoms with Gasteiger partial charge in [-0.15, -0.1) is 0 Å². The first-order chi connectivity index (χ1) is 34.2. The zero-order valence-electron chi connectivity index (χ0n) is 47.2. The van der Waals surface area contributed by atoms with E-state index in [0.29, 0.717) is 32.1 Å². The van der Waals surface area contributed by atoms with Gasteiger partial charge in [0.2, 0.25) is 41.4 Å². The first-order valence-corrected chi connectivity index (χ1v) is 27.3. The number of hydrogen-bond acceptors (Lipinski definition) is 11. The summed E-state index contributed by atoms with van der Waals surface area (Å²) in [5.74, 6) is -8.57. The van der Waals surface area contributed by atoms with Gasteiger partial charge < -0.3 is 50.3 Å². The second-order valence-corrected chi connectivity index (χ2v) is 22.8. The molecule has 73 heavy (non-hydrogen) atoms. The van der Waals surface area contributed by atoms with Gasteiger partial charge in [0.05, 0.1) is 0 Å². The number of aliphatic hydroxyl groups excluding tert-OH is 1. The zero-order valence-corrected chi connectivity index (χ0v) is 47.2. The highest BCUT2D eigenvalue weighted by atomic mass is 16.6. The molecule has 3 fully saturated rings. The summed E-state index contributed by atoms with van der Waals surface area (Å²) in [6.45, 7) is 20.9. The largest absolute Gasteiger partial charge is 0.450 e. The number of hydrogen-bond donors (Lipinski definition) is 4. The fourth-order valence-electron chi connectivity index (χ4n) is 10.9. The smallest absolute Gasteiger partial charge is 0.330 e. The van der Waals surface area contributed by atoms with Gasteiger partial charge in [0, 0.05) is 53.2 Å². The summed E-state index contributed by atoms with van der Waals surface area (Å²) in [6.07, 6.45) is 5.37. The van der Waals surface area contributed by atoms with Crippen molar-refractivity contribution >= 4 is 53.2 Å². The molecule has 0 aromatic rings. The van der Waals surface area contributed by atoms with E-state index in [1.54, 1.807) is 48.5 Å². The number of rotatable bonds is 12. The van der Waals surface area contributed by atoms with Gasteiger partial charge in [0.15, 0.2) is 6.10 Å². The average Bonchev–Trinajstić information content (AvgIpc) is 3.85. The molecular formula is C54H94N8O11. The zero-order chi connectivity index (χ0) is 55.3. The molecule has 0 bridgehead atoms. The fraction of sp³-hybridized carbons (Fsp3) is 0.833. The molecule has 8 amide bonds. The topological polar surface area (TPSA) is 235 Å². The maximum atomic E-state index is 14.8. The third-order valence-electron chi connectivity index (χ3n) is 15.9. The van der Waals surface area contributed by atoms with E-state index in [2.05, 4.69) is 16.0 Å². The van der Waals surface area contributed by atoms with Crippen LogP contribution in [0, 0.1) is 41.4 Å². The van der Waals surface area contributed by atoms with E-state index in [4.69, 9.17) is 4.74 Å². The molecule has 3 aliphatic rings. The average molecular weight is 1030 g/mol. The van der Waals surface area contributed by atoms with Crippen LogP contribution in [0.25, 0.3) is 0 Å². The van der Waals surface area contributed by atoms with Crippen LogP contribution in [0.4, 0.5) is 0 Å². The van der Waals surface area contributed by atoms with Crippen LogP contribution in [0.15, 0.2) is 0 Å². The first kappa shape index (κ1) is 62.5. The summed E-state index contributed by atoms with van der Waals surface area (Å²) in [6, 6.07) is -9.11. The number of carbonyl (C=O) groups excluding carboxylic acids is 9. The van der Waals surface area contributed by atoms with Gasteiger partial charge in [0.1, 0.15) is 48.3 Å². The summed E-state index contributed by atoms with van der Waals surface area (Å²) in [5.41, 5.74) is 0. The Balaban J connectivity index is 2.28. The molecule has 19 heteroatoms. The van der Waals surface area contributed by atoms with E-state index >= 15 is 0 Å². The van der Waals surface area contributed by atoms with Gasteiger partial charge in [0.25, 0.3) is 5.91 Å². The highest BCUT2D eigenvalue weighted by molar-refractivity contribution is 5.99. The van der Waals surface area contributed by atoms with Gasteiger partial charge in [-0.1, -0.05) is 115 Å². The van der Waals surface area contributed by atoms with Crippen molar-refractivity contribution in [1.29, 1.82) is 0 Å². The summed E-state index contributed by atoms with van der Waals surface area (Å²) in [7, 11) is 5.80. The van der Waals surface area contributed by atoms with Crippen molar-refractivity contribution in [3.05, 3.63) is 0 Å². The van der Waals surface area contributed by atoms with Crippen molar-refractivity contribution in [3.63, 3.8) is 0 Å². The van der Waals surface area contributed by atoms with Crippen molar-refractivity contribution in [1.82, 2.24) is 40.4 Å². The lowest BCUT2D eigenvalue weighted by molar-refractivity contribution is -0.172. The maximum absolute atomic E-state index is 14.8. The molecule has 416 valence electrons. The van der Waals surface area contributed by atoms with Gasteiger partial charge >= 0.3 is 5.97 Å². The van der Waals surface area contributed by atoms with Crippen molar-refractivity contribution < 1.29 is 53.0 Å². The monoisotopic (exact) mass is 1030 g/mol. The lowest BCUT2D eigenvalue weighted by Gasteiger charge is -2.38. The summed E-state index contributed by atoms with van der Waals surface area (Å²) in [5, 5.41) is 19.3. The molecule has 1 saturated carbocycles. The summed E-state index contributed by atoms with van der Waals surface area (Å²) >= 11 is 0. The standard InChI is InChI=1S/C54H94N8O11/c1-17-33(9)41-52(70)59(14)42(31(5)6)47(65)55-38(27-30(3)4)51(69)61(16)44(35(11)29-63)54(72)73-45(34(10)18-2)53(71)60(15)43(32(7)8)48(66)56-39(28-37-23-20-19-21-24-37)50(68)58(13)36(12)49(67)62-26-22-25-40(62)46(64)57-41/h30-45,63H,17-29H2,1-16H3,(H,55,65)(H,56,66)(H,57,64)/t33-,34-,35?,36-,38+,39+,40+,41+,42+,43+,44+,45-/m1/s1. The van der Waals surface area contributed by atoms with Crippen LogP contribution in [0.2, 0.25) is 0 Å². The molecule has 1 unspecified atom stereocenters. The number of likely N-dealkylation sites (N-methyl/N-ethyl adjacent to an activating group) is 4. The molecule has 12 atom stereocenters. The van der Waals surface area contributed by atoms with E-state index < -0.39 is 144 Å². The molecule has 2 saturated heterocycles. The van der Waals surface area contributed by atoms with E-state index in [-0.39, 0.29) is 24.8 Å².